The van der Waals surface area contributed by atoms with Gasteiger partial charge in [0.1, 0.15) is 16.7 Å². The highest BCUT2D eigenvalue weighted by molar-refractivity contribution is 6.30. The van der Waals surface area contributed by atoms with E-state index in [0.717, 1.165) is 34.9 Å². The predicted molar refractivity (Wildman–Crippen MR) is 120 cm³/mol. The average molecular weight is 426 g/mol. The summed E-state index contributed by atoms with van der Waals surface area (Å²) in [7, 11) is 2.11. The van der Waals surface area contributed by atoms with Crippen molar-refractivity contribution in [1.82, 2.24) is 14.5 Å². The van der Waals surface area contributed by atoms with E-state index in [4.69, 9.17) is 11.6 Å². The Labute approximate surface area is 182 Å². The zero-order valence-corrected chi connectivity index (χ0v) is 18.6. The topological polar surface area (TPSA) is 54.8 Å². The van der Waals surface area contributed by atoms with Crippen LogP contribution in [0.5, 0.6) is 0 Å². The molecule has 2 aliphatic rings. The summed E-state index contributed by atoms with van der Waals surface area (Å²) in [5.74, 6) is 2.38. The Balaban J connectivity index is 1.57. The number of aliphatic hydroxyl groups is 1. The van der Waals surface area contributed by atoms with Crippen LogP contribution in [0.1, 0.15) is 63.2 Å². The number of rotatable bonds is 3. The highest BCUT2D eigenvalue weighted by Crippen LogP contribution is 2.44. The van der Waals surface area contributed by atoms with Crippen molar-refractivity contribution in [2.45, 2.75) is 64.3 Å². The summed E-state index contributed by atoms with van der Waals surface area (Å²) < 4.78 is 4.72. The molecule has 0 bridgehead atoms. The maximum Gasteiger partial charge on any atom is 0.254 e. The molecule has 0 aromatic carbocycles. The number of hydrogen-bond donors (Lipinski definition) is 1. The van der Waals surface area contributed by atoms with E-state index in [1.54, 1.807) is 0 Å². The molecule has 5 rings (SSSR count). The summed E-state index contributed by atoms with van der Waals surface area (Å²) in [6.45, 7) is 2.19. The molecule has 6 heteroatoms. The standard InChI is InChI=1S/C24H29ClN4O/c1-15-28(2)21-13-26-20-11-12-22(25)27-23(20)24(21)29(15)18-6-4-3-5-16(9-10-18)19(14-30)17-7-8-17/h11-14,16-18H,3-10H2,1-2H3/p+1. The molecular weight excluding hydrogens is 396 g/mol. The van der Waals surface area contributed by atoms with E-state index in [1.165, 1.54) is 56.2 Å². The summed E-state index contributed by atoms with van der Waals surface area (Å²) >= 11 is 6.27. The first-order chi connectivity index (χ1) is 14.6. The number of allylic oxidation sites excluding steroid dienone is 1. The molecule has 1 N–H and O–H groups in total. The molecule has 2 unspecified atom stereocenters. The Morgan fingerprint density at radius 1 is 1.13 bits per heavy atom. The zero-order chi connectivity index (χ0) is 20.8. The van der Waals surface area contributed by atoms with Gasteiger partial charge in [-0.25, -0.2) is 19.1 Å². The van der Waals surface area contributed by atoms with Crippen LogP contribution >= 0.6 is 11.6 Å². The molecule has 3 heterocycles. The van der Waals surface area contributed by atoms with Crippen molar-refractivity contribution in [3.63, 3.8) is 0 Å². The molecule has 0 spiro atoms. The monoisotopic (exact) mass is 425 g/mol. The molecule has 2 aliphatic carbocycles. The Morgan fingerprint density at radius 2 is 1.87 bits per heavy atom. The fourth-order valence-electron chi connectivity index (χ4n) is 5.45. The third-order valence-electron chi connectivity index (χ3n) is 7.29. The Kier molecular flexibility index (Phi) is 5.18. The average Bonchev–Trinajstić information content (AvgIpc) is 3.52. The summed E-state index contributed by atoms with van der Waals surface area (Å²) in [5, 5.41) is 10.4. The molecule has 3 aromatic rings. The van der Waals surface area contributed by atoms with Gasteiger partial charge < -0.3 is 5.11 Å². The summed E-state index contributed by atoms with van der Waals surface area (Å²) in [4.78, 5) is 9.30. The van der Waals surface area contributed by atoms with Crippen LogP contribution < -0.4 is 4.57 Å². The second-order valence-corrected chi connectivity index (χ2v) is 9.47. The van der Waals surface area contributed by atoms with Crippen molar-refractivity contribution in [2.24, 2.45) is 18.9 Å². The molecular formula is C24H30ClN4O+. The lowest BCUT2D eigenvalue weighted by molar-refractivity contribution is -0.706. The van der Waals surface area contributed by atoms with Crippen molar-refractivity contribution < 1.29 is 9.67 Å². The van der Waals surface area contributed by atoms with Crippen LogP contribution in [0, 0.1) is 18.8 Å². The number of aromatic nitrogens is 4. The number of halogens is 1. The molecule has 2 atom stereocenters. The lowest BCUT2D eigenvalue weighted by Crippen LogP contribution is -2.42. The van der Waals surface area contributed by atoms with Crippen molar-refractivity contribution >= 4 is 33.7 Å². The third-order valence-corrected chi connectivity index (χ3v) is 7.50. The number of hydrogen-bond acceptors (Lipinski definition) is 3. The van der Waals surface area contributed by atoms with Crippen LogP contribution in [0.4, 0.5) is 0 Å². The SMILES string of the molecule is Cc1n(C)c2cnc3ccc(Cl)nc3c2[n+]1C1CCCCC(C(=CO)C2CC2)CC1. The lowest BCUT2D eigenvalue weighted by Gasteiger charge is -2.26. The Morgan fingerprint density at radius 3 is 2.63 bits per heavy atom. The van der Waals surface area contributed by atoms with Crippen LogP contribution in [0.25, 0.3) is 22.1 Å². The number of aryl methyl sites for hydroxylation is 1. The van der Waals surface area contributed by atoms with E-state index in [0.29, 0.717) is 23.0 Å². The van der Waals surface area contributed by atoms with Crippen molar-refractivity contribution in [1.29, 1.82) is 0 Å². The second kappa shape index (κ2) is 7.84. The van der Waals surface area contributed by atoms with E-state index >= 15 is 0 Å². The van der Waals surface area contributed by atoms with Crippen LogP contribution in [-0.2, 0) is 7.05 Å². The van der Waals surface area contributed by atoms with Gasteiger partial charge in [0.05, 0.1) is 25.0 Å². The van der Waals surface area contributed by atoms with Crippen LogP contribution in [0.15, 0.2) is 30.2 Å². The first kappa shape index (κ1) is 19.8. The number of imidazole rings is 1. The molecule has 0 amide bonds. The fourth-order valence-corrected chi connectivity index (χ4v) is 5.60. The minimum absolute atomic E-state index is 0.419. The van der Waals surface area contributed by atoms with Crippen molar-refractivity contribution in [2.75, 3.05) is 0 Å². The largest absolute Gasteiger partial charge is 0.516 e. The first-order valence-corrected chi connectivity index (χ1v) is 11.6. The molecule has 2 saturated carbocycles. The molecule has 0 radical (unpaired) electrons. The first-order valence-electron chi connectivity index (χ1n) is 11.2. The van der Waals surface area contributed by atoms with E-state index in [-0.39, 0.29) is 0 Å². The van der Waals surface area contributed by atoms with Crippen molar-refractivity contribution in [3.05, 3.63) is 41.1 Å². The molecule has 0 saturated heterocycles. The van der Waals surface area contributed by atoms with Crippen LogP contribution in [0.2, 0.25) is 5.15 Å². The molecule has 30 heavy (non-hydrogen) atoms. The van der Waals surface area contributed by atoms with E-state index in [9.17, 15) is 5.11 Å². The molecule has 158 valence electrons. The second-order valence-electron chi connectivity index (χ2n) is 9.09. The number of nitrogens with zero attached hydrogens (tertiary/aromatic N) is 4. The molecule has 5 nitrogen and oxygen atoms in total. The molecule has 3 aromatic heterocycles. The van der Waals surface area contributed by atoms with Gasteiger partial charge in [-0.3, -0.25) is 0 Å². The maximum absolute atomic E-state index is 9.87. The minimum atomic E-state index is 0.419. The summed E-state index contributed by atoms with van der Waals surface area (Å²) in [5.41, 5.74) is 5.32. The smallest absolute Gasteiger partial charge is 0.254 e. The number of pyridine rings is 2. The van der Waals surface area contributed by atoms with E-state index in [2.05, 4.69) is 33.1 Å². The highest BCUT2D eigenvalue weighted by Gasteiger charge is 2.34. The summed E-state index contributed by atoms with van der Waals surface area (Å²) in [6.07, 6.45) is 12.9. The van der Waals surface area contributed by atoms with Gasteiger partial charge in [-0.15, -0.1) is 0 Å². The number of aliphatic hydroxyl groups excluding tert-OH is 1. The predicted octanol–water partition coefficient (Wildman–Crippen LogP) is 5.73. The fraction of sp³-hybridized carbons (Fsp3) is 0.542. The van der Waals surface area contributed by atoms with Gasteiger partial charge in [0.15, 0.2) is 5.52 Å². The van der Waals surface area contributed by atoms with Crippen LogP contribution in [-0.4, -0.2) is 19.6 Å². The zero-order valence-electron chi connectivity index (χ0n) is 17.8. The maximum atomic E-state index is 9.87. The third kappa shape index (κ3) is 3.37. The lowest BCUT2D eigenvalue weighted by atomic mass is 9.82. The molecule has 0 aliphatic heterocycles. The summed E-state index contributed by atoms with van der Waals surface area (Å²) in [6, 6.07) is 4.19. The van der Waals surface area contributed by atoms with Gasteiger partial charge in [-0.05, 0) is 74.5 Å². The normalized spacial score (nSPS) is 23.6. The quantitative estimate of drug-likeness (QED) is 0.331. The van der Waals surface area contributed by atoms with Gasteiger partial charge in [0.2, 0.25) is 5.52 Å². The van der Waals surface area contributed by atoms with Gasteiger partial charge in [0, 0.05) is 6.92 Å². The highest BCUT2D eigenvalue weighted by atomic mass is 35.5. The van der Waals surface area contributed by atoms with Crippen molar-refractivity contribution in [3.8, 4) is 0 Å². The van der Waals surface area contributed by atoms with Gasteiger partial charge in [0.25, 0.3) is 5.82 Å². The minimum Gasteiger partial charge on any atom is -0.516 e. The number of fused-ring (bicyclic) bond motifs is 3. The Bertz CT molecular complexity index is 1130. The van der Waals surface area contributed by atoms with Crippen LogP contribution in [0.3, 0.4) is 0 Å². The van der Waals surface area contributed by atoms with E-state index < -0.39 is 0 Å². The van der Waals surface area contributed by atoms with Gasteiger partial charge in [-0.1, -0.05) is 18.0 Å². The van der Waals surface area contributed by atoms with E-state index in [1.807, 2.05) is 18.3 Å². The molecule has 2 fully saturated rings. The van der Waals surface area contributed by atoms with Gasteiger partial charge >= 0.3 is 0 Å². The van der Waals surface area contributed by atoms with Gasteiger partial charge in [-0.2, -0.15) is 0 Å². The Hall–Kier alpha value is -2.14.